The van der Waals surface area contributed by atoms with E-state index in [1.54, 1.807) is 7.11 Å². The highest BCUT2D eigenvalue weighted by atomic mass is 19.1. The Bertz CT molecular complexity index is 718. The van der Waals surface area contributed by atoms with Crippen molar-refractivity contribution in [1.82, 2.24) is 9.80 Å². The molecule has 1 aliphatic rings. The van der Waals surface area contributed by atoms with E-state index in [4.69, 9.17) is 4.74 Å². The first-order valence-electron chi connectivity index (χ1n) is 8.56. The molecule has 3 rings (SSSR count). The molecule has 1 saturated heterocycles. The van der Waals surface area contributed by atoms with E-state index >= 15 is 0 Å². The maximum atomic E-state index is 13.0. The number of halogens is 1. The van der Waals surface area contributed by atoms with E-state index in [2.05, 4.69) is 4.90 Å². The van der Waals surface area contributed by atoms with Crippen LogP contribution in [0.25, 0.3) is 0 Å². The van der Waals surface area contributed by atoms with E-state index in [9.17, 15) is 9.18 Å². The highest BCUT2D eigenvalue weighted by Gasteiger charge is 2.22. The molecule has 0 radical (unpaired) electrons. The van der Waals surface area contributed by atoms with Gasteiger partial charge in [-0.05, 0) is 36.2 Å². The van der Waals surface area contributed by atoms with Crippen LogP contribution in [0.15, 0.2) is 48.5 Å². The van der Waals surface area contributed by atoms with Crippen molar-refractivity contribution in [3.63, 3.8) is 0 Å². The molecule has 1 amide bonds. The van der Waals surface area contributed by atoms with Gasteiger partial charge in [0.25, 0.3) is 5.91 Å². The van der Waals surface area contributed by atoms with Crippen LogP contribution < -0.4 is 4.74 Å². The fourth-order valence-corrected chi connectivity index (χ4v) is 3.17. The summed E-state index contributed by atoms with van der Waals surface area (Å²) in [7, 11) is 1.58. The fraction of sp³-hybridized carbons (Fsp3) is 0.350. The van der Waals surface area contributed by atoms with E-state index in [0.29, 0.717) is 17.9 Å². The number of amides is 1. The van der Waals surface area contributed by atoms with Crippen molar-refractivity contribution in [1.29, 1.82) is 0 Å². The number of hydrogen-bond acceptors (Lipinski definition) is 3. The molecule has 5 heteroatoms. The molecule has 0 atom stereocenters. The van der Waals surface area contributed by atoms with Crippen molar-refractivity contribution in [3.8, 4) is 5.75 Å². The summed E-state index contributed by atoms with van der Waals surface area (Å²) in [5, 5.41) is 0. The SMILES string of the molecule is COc1ccccc1C(=O)N1CCCN(Cc2ccc(F)cc2)CC1. The van der Waals surface area contributed by atoms with Gasteiger partial charge in [-0.15, -0.1) is 0 Å². The number of carbonyl (C=O) groups is 1. The molecule has 2 aromatic rings. The summed E-state index contributed by atoms with van der Waals surface area (Å²) in [4.78, 5) is 17.0. The molecule has 1 aliphatic heterocycles. The Balaban J connectivity index is 1.63. The zero-order chi connectivity index (χ0) is 17.6. The fourth-order valence-electron chi connectivity index (χ4n) is 3.17. The lowest BCUT2D eigenvalue weighted by Gasteiger charge is -2.22. The minimum atomic E-state index is -0.215. The number of ether oxygens (including phenoxy) is 1. The number of benzene rings is 2. The minimum Gasteiger partial charge on any atom is -0.496 e. The molecular formula is C20H23FN2O2. The van der Waals surface area contributed by atoms with Crippen molar-refractivity contribution in [2.45, 2.75) is 13.0 Å². The summed E-state index contributed by atoms with van der Waals surface area (Å²) in [6, 6.07) is 14.0. The maximum Gasteiger partial charge on any atom is 0.257 e. The van der Waals surface area contributed by atoms with E-state index < -0.39 is 0 Å². The van der Waals surface area contributed by atoms with Crippen molar-refractivity contribution in [2.24, 2.45) is 0 Å². The maximum absolute atomic E-state index is 13.0. The van der Waals surface area contributed by atoms with Gasteiger partial charge in [-0.25, -0.2) is 4.39 Å². The summed E-state index contributed by atoms with van der Waals surface area (Å²) in [5.41, 5.74) is 1.70. The molecule has 132 valence electrons. The van der Waals surface area contributed by atoms with Gasteiger partial charge >= 0.3 is 0 Å². The van der Waals surface area contributed by atoms with E-state index in [-0.39, 0.29) is 11.7 Å². The van der Waals surface area contributed by atoms with Gasteiger partial charge in [0.1, 0.15) is 11.6 Å². The number of para-hydroxylation sites is 1. The molecule has 0 saturated carbocycles. The Labute approximate surface area is 147 Å². The molecule has 1 heterocycles. The molecule has 1 fully saturated rings. The van der Waals surface area contributed by atoms with Gasteiger partial charge in [-0.3, -0.25) is 9.69 Å². The number of nitrogens with zero attached hydrogens (tertiary/aromatic N) is 2. The zero-order valence-electron chi connectivity index (χ0n) is 14.5. The standard InChI is InChI=1S/C20H23FN2O2/c1-25-19-6-3-2-5-18(19)20(24)23-12-4-11-22(13-14-23)15-16-7-9-17(21)10-8-16/h2-3,5-10H,4,11-15H2,1H3. The summed E-state index contributed by atoms with van der Waals surface area (Å²) in [6.07, 6.45) is 0.919. The van der Waals surface area contributed by atoms with Gasteiger partial charge in [-0.2, -0.15) is 0 Å². The van der Waals surface area contributed by atoms with Crippen molar-refractivity contribution in [3.05, 3.63) is 65.5 Å². The Kier molecular flexibility index (Phi) is 5.66. The van der Waals surface area contributed by atoms with Gasteiger partial charge in [0.2, 0.25) is 0 Å². The Morgan fingerprint density at radius 1 is 1.04 bits per heavy atom. The third-order valence-corrected chi connectivity index (χ3v) is 4.53. The highest BCUT2D eigenvalue weighted by Crippen LogP contribution is 2.20. The second-order valence-corrected chi connectivity index (χ2v) is 6.25. The van der Waals surface area contributed by atoms with Crippen molar-refractivity contribution in [2.75, 3.05) is 33.3 Å². The first-order chi connectivity index (χ1) is 12.2. The number of hydrogen-bond donors (Lipinski definition) is 0. The quantitative estimate of drug-likeness (QED) is 0.855. The molecule has 25 heavy (non-hydrogen) atoms. The Morgan fingerprint density at radius 2 is 1.80 bits per heavy atom. The van der Waals surface area contributed by atoms with Gasteiger partial charge in [0, 0.05) is 32.7 Å². The second kappa shape index (κ2) is 8.12. The van der Waals surface area contributed by atoms with Crippen LogP contribution >= 0.6 is 0 Å². The summed E-state index contributed by atoms with van der Waals surface area (Å²) >= 11 is 0. The highest BCUT2D eigenvalue weighted by molar-refractivity contribution is 5.97. The van der Waals surface area contributed by atoms with Crippen LogP contribution in [0.2, 0.25) is 0 Å². The topological polar surface area (TPSA) is 32.8 Å². The summed E-state index contributed by atoms with van der Waals surface area (Å²) < 4.78 is 18.3. The van der Waals surface area contributed by atoms with Crippen LogP contribution in [0.5, 0.6) is 5.75 Å². The molecule has 4 nitrogen and oxygen atoms in total. The van der Waals surface area contributed by atoms with Crippen molar-refractivity contribution >= 4 is 5.91 Å². The van der Waals surface area contributed by atoms with Gasteiger partial charge in [-0.1, -0.05) is 24.3 Å². The molecule has 0 N–H and O–H groups in total. The molecule has 0 aromatic heterocycles. The molecule has 0 unspecified atom stereocenters. The number of methoxy groups -OCH3 is 1. The predicted molar refractivity (Wildman–Crippen MR) is 95.2 cm³/mol. The Hall–Kier alpha value is -2.40. The average Bonchev–Trinajstić information content (AvgIpc) is 2.88. The zero-order valence-corrected chi connectivity index (χ0v) is 14.5. The molecule has 0 spiro atoms. The number of rotatable bonds is 4. The second-order valence-electron chi connectivity index (χ2n) is 6.25. The average molecular weight is 342 g/mol. The van der Waals surface area contributed by atoms with Crippen LogP contribution in [0, 0.1) is 5.82 Å². The first-order valence-corrected chi connectivity index (χ1v) is 8.56. The molecule has 0 bridgehead atoms. The third kappa shape index (κ3) is 4.37. The van der Waals surface area contributed by atoms with E-state index in [1.807, 2.05) is 41.3 Å². The van der Waals surface area contributed by atoms with E-state index in [0.717, 1.165) is 38.2 Å². The van der Waals surface area contributed by atoms with Crippen LogP contribution in [0.1, 0.15) is 22.3 Å². The lowest BCUT2D eigenvalue weighted by molar-refractivity contribution is 0.0757. The van der Waals surface area contributed by atoms with Crippen LogP contribution in [-0.2, 0) is 6.54 Å². The molecule has 0 aliphatic carbocycles. The molecule has 2 aromatic carbocycles. The largest absolute Gasteiger partial charge is 0.496 e. The first kappa shape index (κ1) is 17.4. The Morgan fingerprint density at radius 3 is 2.56 bits per heavy atom. The van der Waals surface area contributed by atoms with Gasteiger partial charge in [0.05, 0.1) is 12.7 Å². The normalized spacial score (nSPS) is 15.7. The van der Waals surface area contributed by atoms with Crippen LogP contribution in [0.3, 0.4) is 0 Å². The molecular weight excluding hydrogens is 319 g/mol. The monoisotopic (exact) mass is 342 g/mol. The van der Waals surface area contributed by atoms with Crippen LogP contribution in [-0.4, -0.2) is 49.0 Å². The number of carbonyl (C=O) groups excluding carboxylic acids is 1. The lowest BCUT2D eigenvalue weighted by Crippen LogP contribution is -2.35. The van der Waals surface area contributed by atoms with Crippen molar-refractivity contribution < 1.29 is 13.9 Å². The smallest absolute Gasteiger partial charge is 0.257 e. The van der Waals surface area contributed by atoms with E-state index in [1.165, 1.54) is 12.1 Å². The summed E-state index contributed by atoms with van der Waals surface area (Å²) in [6.45, 7) is 3.91. The predicted octanol–water partition coefficient (Wildman–Crippen LogP) is 3.18. The third-order valence-electron chi connectivity index (χ3n) is 4.53. The van der Waals surface area contributed by atoms with Gasteiger partial charge < -0.3 is 9.64 Å². The van der Waals surface area contributed by atoms with Crippen LogP contribution in [0.4, 0.5) is 4.39 Å². The lowest BCUT2D eigenvalue weighted by atomic mass is 10.1. The minimum absolute atomic E-state index is 0.0149. The van der Waals surface area contributed by atoms with Gasteiger partial charge in [0.15, 0.2) is 0 Å². The summed E-state index contributed by atoms with van der Waals surface area (Å²) in [5.74, 6) is 0.411.